The largest absolute Gasteiger partial charge is 0.478 e. The molecule has 1 N–H and O–H groups in total. The predicted octanol–water partition coefficient (Wildman–Crippen LogP) is 2.25. The van der Waals surface area contributed by atoms with Crippen molar-refractivity contribution in [1.29, 1.82) is 0 Å². The lowest BCUT2D eigenvalue weighted by molar-refractivity contribution is 0.0697. The summed E-state index contributed by atoms with van der Waals surface area (Å²) >= 11 is 0. The van der Waals surface area contributed by atoms with Gasteiger partial charge < -0.3 is 14.4 Å². The van der Waals surface area contributed by atoms with Gasteiger partial charge in [-0.2, -0.15) is 0 Å². The van der Waals surface area contributed by atoms with Crippen LogP contribution in [-0.4, -0.2) is 34.3 Å². The fourth-order valence-electron chi connectivity index (χ4n) is 2.22. The standard InChI is InChI=1S/C13H16N2O3/c1-8(7-18-3)15-9(2)14-11-5-4-10(13(16)17)6-12(11)15/h4-6,8H,7H2,1-3H3,(H,16,17). The number of aryl methyl sites for hydroxylation is 1. The first-order chi connectivity index (χ1) is 8.54. The van der Waals surface area contributed by atoms with Crippen molar-refractivity contribution in [2.45, 2.75) is 19.9 Å². The third-order valence-corrected chi connectivity index (χ3v) is 2.96. The van der Waals surface area contributed by atoms with Gasteiger partial charge in [-0.1, -0.05) is 0 Å². The van der Waals surface area contributed by atoms with E-state index in [1.807, 2.05) is 18.4 Å². The van der Waals surface area contributed by atoms with E-state index in [4.69, 9.17) is 9.84 Å². The predicted molar refractivity (Wildman–Crippen MR) is 68.0 cm³/mol. The number of carbonyl (C=O) groups is 1. The Morgan fingerprint density at radius 2 is 2.28 bits per heavy atom. The molecule has 0 radical (unpaired) electrons. The summed E-state index contributed by atoms with van der Waals surface area (Å²) in [5.74, 6) is -0.0706. The van der Waals surface area contributed by atoms with Gasteiger partial charge in [0.1, 0.15) is 5.82 Å². The fraction of sp³-hybridized carbons (Fsp3) is 0.385. The summed E-state index contributed by atoms with van der Waals surface area (Å²) in [6, 6.07) is 5.08. The Balaban J connectivity index is 2.60. The Morgan fingerprint density at radius 1 is 1.56 bits per heavy atom. The smallest absolute Gasteiger partial charge is 0.335 e. The number of hydrogen-bond acceptors (Lipinski definition) is 3. The van der Waals surface area contributed by atoms with E-state index < -0.39 is 5.97 Å². The van der Waals surface area contributed by atoms with Crippen LogP contribution in [0.15, 0.2) is 18.2 Å². The molecule has 0 bridgehead atoms. The highest BCUT2D eigenvalue weighted by Gasteiger charge is 2.14. The van der Waals surface area contributed by atoms with Crippen molar-refractivity contribution in [1.82, 2.24) is 9.55 Å². The first-order valence-corrected chi connectivity index (χ1v) is 5.75. The van der Waals surface area contributed by atoms with Gasteiger partial charge in [0.2, 0.25) is 0 Å². The molecule has 1 aromatic heterocycles. The van der Waals surface area contributed by atoms with Gasteiger partial charge >= 0.3 is 5.97 Å². The molecule has 18 heavy (non-hydrogen) atoms. The number of imidazole rings is 1. The van der Waals surface area contributed by atoms with Crippen LogP contribution in [0.25, 0.3) is 11.0 Å². The SMILES string of the molecule is COCC(C)n1c(C)nc2ccc(C(=O)O)cc21. The topological polar surface area (TPSA) is 64.4 Å². The number of methoxy groups -OCH3 is 1. The molecule has 0 aliphatic rings. The molecule has 0 amide bonds. The summed E-state index contributed by atoms with van der Waals surface area (Å²) in [6.45, 7) is 4.49. The highest BCUT2D eigenvalue weighted by atomic mass is 16.5. The molecule has 0 aliphatic heterocycles. The summed E-state index contributed by atoms with van der Waals surface area (Å²) < 4.78 is 7.15. The van der Waals surface area contributed by atoms with Crippen molar-refractivity contribution >= 4 is 17.0 Å². The Hall–Kier alpha value is -1.88. The third-order valence-electron chi connectivity index (χ3n) is 2.96. The molecular formula is C13H16N2O3. The second-order valence-electron chi connectivity index (χ2n) is 4.34. The molecule has 0 fully saturated rings. The van der Waals surface area contributed by atoms with Gasteiger partial charge in [0, 0.05) is 7.11 Å². The van der Waals surface area contributed by atoms with Crippen molar-refractivity contribution in [3.05, 3.63) is 29.6 Å². The van der Waals surface area contributed by atoms with Gasteiger partial charge in [-0.05, 0) is 32.0 Å². The second-order valence-corrected chi connectivity index (χ2v) is 4.34. The summed E-state index contributed by atoms with van der Waals surface area (Å²) in [5.41, 5.74) is 1.91. The van der Waals surface area contributed by atoms with Crippen molar-refractivity contribution in [2.75, 3.05) is 13.7 Å². The van der Waals surface area contributed by atoms with E-state index in [1.54, 1.807) is 25.3 Å². The molecule has 2 rings (SSSR count). The Bertz CT molecular complexity index is 589. The van der Waals surface area contributed by atoms with E-state index in [0.717, 1.165) is 16.9 Å². The molecule has 0 saturated heterocycles. The van der Waals surface area contributed by atoms with Crippen LogP contribution < -0.4 is 0 Å². The maximum absolute atomic E-state index is 11.0. The van der Waals surface area contributed by atoms with Crippen molar-refractivity contribution < 1.29 is 14.6 Å². The highest BCUT2D eigenvalue weighted by molar-refractivity contribution is 5.92. The summed E-state index contributed by atoms with van der Waals surface area (Å²) in [6.07, 6.45) is 0. The lowest BCUT2D eigenvalue weighted by Gasteiger charge is -2.15. The molecule has 0 spiro atoms. The van der Waals surface area contributed by atoms with E-state index in [1.165, 1.54) is 0 Å². The van der Waals surface area contributed by atoms with Crippen molar-refractivity contribution in [3.8, 4) is 0 Å². The number of fused-ring (bicyclic) bond motifs is 1. The minimum atomic E-state index is -0.929. The molecule has 2 aromatic rings. The van der Waals surface area contributed by atoms with Crippen LogP contribution in [0.3, 0.4) is 0 Å². The Kier molecular flexibility index (Phi) is 3.34. The zero-order chi connectivity index (χ0) is 13.3. The zero-order valence-electron chi connectivity index (χ0n) is 10.7. The summed E-state index contributed by atoms with van der Waals surface area (Å²) in [5, 5.41) is 9.03. The number of aromatic nitrogens is 2. The molecule has 1 heterocycles. The van der Waals surface area contributed by atoms with E-state index in [0.29, 0.717) is 6.61 Å². The Labute approximate surface area is 105 Å². The minimum Gasteiger partial charge on any atom is -0.478 e. The quantitative estimate of drug-likeness (QED) is 0.901. The lowest BCUT2D eigenvalue weighted by Crippen LogP contribution is -2.12. The maximum atomic E-state index is 11.0. The van der Waals surface area contributed by atoms with Gasteiger partial charge in [-0.3, -0.25) is 0 Å². The number of aromatic carboxylic acids is 1. The minimum absolute atomic E-state index is 0.115. The van der Waals surface area contributed by atoms with Gasteiger partial charge in [0.05, 0.1) is 29.2 Å². The Morgan fingerprint density at radius 3 is 2.89 bits per heavy atom. The van der Waals surface area contributed by atoms with Crippen LogP contribution in [0.1, 0.15) is 29.1 Å². The number of nitrogens with zero attached hydrogens (tertiary/aromatic N) is 2. The average molecular weight is 248 g/mol. The molecule has 5 nitrogen and oxygen atoms in total. The fourth-order valence-corrected chi connectivity index (χ4v) is 2.22. The molecule has 1 atom stereocenters. The van der Waals surface area contributed by atoms with Crippen LogP contribution >= 0.6 is 0 Å². The maximum Gasteiger partial charge on any atom is 0.335 e. The molecule has 0 aliphatic carbocycles. The molecule has 1 aromatic carbocycles. The molecule has 1 unspecified atom stereocenters. The van der Waals surface area contributed by atoms with Crippen LogP contribution in [0.4, 0.5) is 0 Å². The lowest BCUT2D eigenvalue weighted by atomic mass is 10.2. The van der Waals surface area contributed by atoms with E-state index >= 15 is 0 Å². The van der Waals surface area contributed by atoms with E-state index in [2.05, 4.69) is 4.98 Å². The monoisotopic (exact) mass is 248 g/mol. The normalized spacial score (nSPS) is 12.8. The van der Waals surface area contributed by atoms with Crippen molar-refractivity contribution in [2.24, 2.45) is 0 Å². The van der Waals surface area contributed by atoms with Crippen LogP contribution in [-0.2, 0) is 4.74 Å². The average Bonchev–Trinajstić information content (AvgIpc) is 2.63. The number of ether oxygens (including phenoxy) is 1. The zero-order valence-corrected chi connectivity index (χ0v) is 10.7. The van der Waals surface area contributed by atoms with Gasteiger partial charge in [0.25, 0.3) is 0 Å². The van der Waals surface area contributed by atoms with Crippen LogP contribution in [0, 0.1) is 6.92 Å². The van der Waals surface area contributed by atoms with Crippen LogP contribution in [0.2, 0.25) is 0 Å². The van der Waals surface area contributed by atoms with Gasteiger partial charge in [-0.25, -0.2) is 9.78 Å². The number of carboxylic acids is 1. The number of benzene rings is 1. The van der Waals surface area contributed by atoms with Crippen LogP contribution in [0.5, 0.6) is 0 Å². The number of rotatable bonds is 4. The van der Waals surface area contributed by atoms with E-state index in [9.17, 15) is 4.79 Å². The number of hydrogen-bond donors (Lipinski definition) is 1. The molecular weight excluding hydrogens is 232 g/mol. The van der Waals surface area contributed by atoms with Gasteiger partial charge in [-0.15, -0.1) is 0 Å². The summed E-state index contributed by atoms with van der Waals surface area (Å²) in [4.78, 5) is 15.4. The molecule has 0 saturated carbocycles. The molecule has 96 valence electrons. The number of carboxylic acid groups (broad SMARTS) is 1. The second kappa shape index (κ2) is 4.78. The first-order valence-electron chi connectivity index (χ1n) is 5.75. The third kappa shape index (κ3) is 2.09. The molecule has 5 heteroatoms. The summed E-state index contributed by atoms with van der Waals surface area (Å²) in [7, 11) is 1.65. The first kappa shape index (κ1) is 12.6. The highest BCUT2D eigenvalue weighted by Crippen LogP contribution is 2.22. The van der Waals surface area contributed by atoms with Gasteiger partial charge in [0.15, 0.2) is 0 Å². The van der Waals surface area contributed by atoms with E-state index in [-0.39, 0.29) is 11.6 Å². The van der Waals surface area contributed by atoms with Crippen molar-refractivity contribution in [3.63, 3.8) is 0 Å².